The molecule has 1 N–H and O–H groups in total. The molecule has 0 aromatic heterocycles. The fourth-order valence-corrected chi connectivity index (χ4v) is 6.16. The van der Waals surface area contributed by atoms with Crippen molar-refractivity contribution < 1.29 is 9.47 Å². The van der Waals surface area contributed by atoms with Crippen LogP contribution in [0.5, 0.6) is 11.5 Å². The van der Waals surface area contributed by atoms with Gasteiger partial charge >= 0.3 is 0 Å². The minimum atomic E-state index is 0.283. The number of ether oxygens (including phenoxy) is 2. The largest absolute Gasteiger partial charge is 0.493 e. The summed E-state index contributed by atoms with van der Waals surface area (Å²) in [6.45, 7) is 2.54. The number of anilines is 1. The number of halogens is 1. The molecule has 0 saturated heterocycles. The maximum Gasteiger partial charge on any atom is 0.175 e. The average Bonchev–Trinajstić information content (AvgIpc) is 3.46. The van der Waals surface area contributed by atoms with E-state index in [1.165, 1.54) is 22.4 Å². The van der Waals surface area contributed by atoms with Crippen LogP contribution in [0.3, 0.4) is 0 Å². The Labute approximate surface area is 238 Å². The monoisotopic (exact) mass is 578 g/mol. The van der Waals surface area contributed by atoms with Crippen molar-refractivity contribution in [2.45, 2.75) is 31.9 Å². The molecular weight excluding hydrogens is 548 g/mol. The third-order valence-electron chi connectivity index (χ3n) is 7.64. The van der Waals surface area contributed by atoms with E-state index in [1.807, 2.05) is 18.3 Å². The fraction of sp³-hybridized carbons (Fsp3) is 0.206. The molecule has 5 heteroatoms. The van der Waals surface area contributed by atoms with Crippen LogP contribution in [-0.2, 0) is 6.61 Å². The Balaban J connectivity index is 1.16. The van der Waals surface area contributed by atoms with Gasteiger partial charge in [0.1, 0.15) is 6.61 Å². The Kier molecular flexibility index (Phi) is 7.25. The molecule has 0 amide bonds. The topological polar surface area (TPSA) is 42.8 Å². The van der Waals surface area contributed by atoms with Crippen molar-refractivity contribution in [2.75, 3.05) is 12.4 Å². The normalized spacial score (nSPS) is 19.4. The quantitative estimate of drug-likeness (QED) is 0.176. The summed E-state index contributed by atoms with van der Waals surface area (Å²) in [6.07, 6.45) is 7.66. The molecule has 0 radical (unpaired) electrons. The minimum absolute atomic E-state index is 0.283. The molecule has 0 fully saturated rings. The number of nitrogens with one attached hydrogen (secondary N) is 1. The lowest BCUT2D eigenvalue weighted by atomic mass is 9.77. The van der Waals surface area contributed by atoms with E-state index < -0.39 is 0 Å². The van der Waals surface area contributed by atoms with Gasteiger partial charge < -0.3 is 14.8 Å². The smallest absolute Gasteiger partial charge is 0.175 e. The lowest BCUT2D eigenvalue weighted by Crippen LogP contribution is -2.28. The van der Waals surface area contributed by atoms with Gasteiger partial charge in [-0.3, -0.25) is 4.99 Å². The molecule has 4 aromatic rings. The summed E-state index contributed by atoms with van der Waals surface area (Å²) in [7, 11) is 1.66. The molecule has 3 atom stereocenters. The van der Waals surface area contributed by atoms with E-state index >= 15 is 0 Å². The maximum absolute atomic E-state index is 6.10. The molecule has 0 unspecified atom stereocenters. The highest BCUT2D eigenvalue weighted by Crippen LogP contribution is 2.49. The standard InChI is InChI=1S/C34H31BrN2O2/c1-22-10-12-23(13-11-22)21-39-34-30(35)18-24(19-32(34)38-2)20-36-26-16-14-25(15-17-26)33-29-8-5-7-27(29)28-6-3-4-9-31(28)37-33/h3-7,9-20,27,29,33,37H,8,21H2,1-2H3/t27-,29-,33+/m1/s1. The maximum atomic E-state index is 6.10. The first-order chi connectivity index (χ1) is 19.1. The predicted octanol–water partition coefficient (Wildman–Crippen LogP) is 8.92. The molecule has 1 aliphatic carbocycles. The number of rotatable bonds is 7. The van der Waals surface area contributed by atoms with Crippen LogP contribution in [-0.4, -0.2) is 13.3 Å². The van der Waals surface area contributed by atoms with Gasteiger partial charge in [-0.1, -0.05) is 72.3 Å². The molecule has 39 heavy (non-hydrogen) atoms. The van der Waals surface area contributed by atoms with Crippen molar-refractivity contribution in [1.29, 1.82) is 0 Å². The number of nitrogens with zero attached hydrogens (tertiary/aromatic N) is 1. The van der Waals surface area contributed by atoms with Crippen LogP contribution >= 0.6 is 15.9 Å². The van der Waals surface area contributed by atoms with Gasteiger partial charge in [-0.15, -0.1) is 0 Å². The molecule has 0 bridgehead atoms. The van der Waals surface area contributed by atoms with E-state index in [4.69, 9.17) is 14.5 Å². The molecule has 1 aliphatic heterocycles. The van der Waals surface area contributed by atoms with Gasteiger partial charge in [-0.25, -0.2) is 0 Å². The minimum Gasteiger partial charge on any atom is -0.493 e. The summed E-state index contributed by atoms with van der Waals surface area (Å²) in [5.74, 6) is 2.35. The zero-order chi connectivity index (χ0) is 26.8. The molecule has 0 spiro atoms. The average molecular weight is 580 g/mol. The zero-order valence-electron chi connectivity index (χ0n) is 22.1. The molecule has 2 aliphatic rings. The predicted molar refractivity (Wildman–Crippen MR) is 163 cm³/mol. The lowest BCUT2D eigenvalue weighted by Gasteiger charge is -2.37. The Hall–Kier alpha value is -3.83. The zero-order valence-corrected chi connectivity index (χ0v) is 23.7. The van der Waals surface area contributed by atoms with Gasteiger partial charge in [0, 0.05) is 17.8 Å². The van der Waals surface area contributed by atoms with Gasteiger partial charge in [-0.05, 0) is 87.8 Å². The molecule has 4 aromatic carbocycles. The number of para-hydroxylation sites is 1. The number of benzene rings is 4. The Bertz CT molecular complexity index is 1530. The number of fused-ring (bicyclic) bond motifs is 3. The van der Waals surface area contributed by atoms with E-state index in [0.29, 0.717) is 29.9 Å². The summed E-state index contributed by atoms with van der Waals surface area (Å²) in [5.41, 5.74) is 8.11. The van der Waals surface area contributed by atoms with Crippen molar-refractivity contribution in [3.63, 3.8) is 0 Å². The van der Waals surface area contributed by atoms with E-state index in [9.17, 15) is 0 Å². The number of hydrogen-bond donors (Lipinski definition) is 1. The molecule has 1 heterocycles. The number of allylic oxidation sites excluding steroid dienone is 2. The van der Waals surface area contributed by atoms with Crippen molar-refractivity contribution in [2.24, 2.45) is 10.9 Å². The Morgan fingerprint density at radius 3 is 2.59 bits per heavy atom. The highest BCUT2D eigenvalue weighted by atomic mass is 79.9. The third kappa shape index (κ3) is 5.37. The van der Waals surface area contributed by atoms with Gasteiger partial charge in [0.2, 0.25) is 0 Å². The van der Waals surface area contributed by atoms with Crippen LogP contribution in [0, 0.1) is 12.8 Å². The molecule has 0 saturated carbocycles. The molecular formula is C34H31BrN2O2. The number of hydrogen-bond acceptors (Lipinski definition) is 4. The first-order valence-corrected chi connectivity index (χ1v) is 14.1. The van der Waals surface area contributed by atoms with Crippen LogP contribution in [0.2, 0.25) is 0 Å². The second-order valence-electron chi connectivity index (χ2n) is 10.2. The van der Waals surface area contributed by atoms with Crippen molar-refractivity contribution in [3.8, 4) is 11.5 Å². The fourth-order valence-electron chi connectivity index (χ4n) is 5.58. The van der Waals surface area contributed by atoms with E-state index in [0.717, 1.165) is 27.7 Å². The van der Waals surface area contributed by atoms with Crippen LogP contribution in [0.1, 0.15) is 46.2 Å². The molecule has 4 nitrogen and oxygen atoms in total. The van der Waals surface area contributed by atoms with Gasteiger partial charge in [0.05, 0.1) is 23.3 Å². The summed E-state index contributed by atoms with van der Waals surface area (Å²) < 4.78 is 12.6. The van der Waals surface area contributed by atoms with Crippen LogP contribution < -0.4 is 14.8 Å². The summed E-state index contributed by atoms with van der Waals surface area (Å²) in [5, 5.41) is 3.80. The second-order valence-corrected chi connectivity index (χ2v) is 11.1. The molecule has 196 valence electrons. The van der Waals surface area contributed by atoms with Gasteiger partial charge in [-0.2, -0.15) is 0 Å². The molecule has 6 rings (SSSR count). The van der Waals surface area contributed by atoms with Crippen LogP contribution in [0.25, 0.3) is 0 Å². The number of methoxy groups -OCH3 is 1. The first kappa shape index (κ1) is 25.4. The van der Waals surface area contributed by atoms with Gasteiger partial charge in [0.15, 0.2) is 11.5 Å². The number of aryl methyl sites for hydroxylation is 1. The van der Waals surface area contributed by atoms with Crippen LogP contribution in [0.15, 0.2) is 107 Å². The summed E-state index contributed by atoms with van der Waals surface area (Å²) >= 11 is 3.66. The SMILES string of the molecule is COc1cc(C=Nc2ccc([C@@H]3Nc4ccccc4[C@H]4C=CC[C@H]43)cc2)cc(Br)c1OCc1ccc(C)cc1. The van der Waals surface area contributed by atoms with Crippen molar-refractivity contribution in [1.82, 2.24) is 0 Å². The first-order valence-electron chi connectivity index (χ1n) is 13.3. The summed E-state index contributed by atoms with van der Waals surface area (Å²) in [4.78, 5) is 4.74. The third-order valence-corrected chi connectivity index (χ3v) is 8.23. The van der Waals surface area contributed by atoms with Gasteiger partial charge in [0.25, 0.3) is 0 Å². The van der Waals surface area contributed by atoms with E-state index in [1.54, 1.807) is 7.11 Å². The Morgan fingerprint density at radius 2 is 1.79 bits per heavy atom. The highest BCUT2D eigenvalue weighted by molar-refractivity contribution is 9.10. The second kappa shape index (κ2) is 11.1. The number of aliphatic imine (C=N–C) groups is 1. The summed E-state index contributed by atoms with van der Waals surface area (Å²) in [6, 6.07) is 29.8. The van der Waals surface area contributed by atoms with Crippen molar-refractivity contribution >= 4 is 33.5 Å². The van der Waals surface area contributed by atoms with E-state index in [-0.39, 0.29) is 6.04 Å². The van der Waals surface area contributed by atoms with Crippen molar-refractivity contribution in [3.05, 3.63) is 129 Å². The Morgan fingerprint density at radius 1 is 1.00 bits per heavy atom. The van der Waals surface area contributed by atoms with Crippen LogP contribution in [0.4, 0.5) is 11.4 Å². The van der Waals surface area contributed by atoms with E-state index in [2.05, 4.69) is 113 Å². The lowest BCUT2D eigenvalue weighted by molar-refractivity contribution is 0.282. The highest BCUT2D eigenvalue weighted by Gasteiger charge is 2.37.